The highest BCUT2D eigenvalue weighted by Gasteiger charge is 2.10. The van der Waals surface area contributed by atoms with E-state index in [4.69, 9.17) is 9.47 Å². The number of likely N-dealkylation sites (N-methyl/N-ethyl adjacent to an activating group) is 1. The third-order valence-electron chi connectivity index (χ3n) is 3.56. The summed E-state index contributed by atoms with van der Waals surface area (Å²) in [6.45, 7) is 0.616. The van der Waals surface area contributed by atoms with E-state index in [9.17, 15) is 4.79 Å². The lowest BCUT2D eigenvalue weighted by atomic mass is 10.3. The Morgan fingerprint density at radius 2 is 1.60 bits per heavy atom. The van der Waals surface area contributed by atoms with Crippen LogP contribution in [0.3, 0.4) is 0 Å². The predicted octanol–water partition coefficient (Wildman–Crippen LogP) is 4.58. The van der Waals surface area contributed by atoms with Gasteiger partial charge < -0.3 is 14.4 Å². The monoisotopic (exact) mass is 353 g/mol. The number of nitrogens with zero attached hydrogens (tertiary/aromatic N) is 1. The zero-order valence-electron chi connectivity index (χ0n) is 13.9. The molecule has 3 aromatic rings. The molecule has 0 saturated heterocycles. The van der Waals surface area contributed by atoms with Crippen molar-refractivity contribution in [3.05, 3.63) is 77.0 Å². The van der Waals surface area contributed by atoms with E-state index in [1.165, 1.54) is 0 Å². The van der Waals surface area contributed by atoms with E-state index < -0.39 is 0 Å². The fourth-order valence-electron chi connectivity index (χ4n) is 2.21. The van der Waals surface area contributed by atoms with E-state index in [0.717, 1.165) is 16.4 Å². The second-order valence-corrected chi connectivity index (χ2v) is 6.54. The number of rotatable bonds is 7. The number of amides is 1. The summed E-state index contributed by atoms with van der Waals surface area (Å²) in [6.07, 6.45) is 0. The molecule has 1 amide bonds. The van der Waals surface area contributed by atoms with Crippen LogP contribution < -0.4 is 9.47 Å². The van der Waals surface area contributed by atoms with E-state index in [0.29, 0.717) is 12.3 Å². The summed E-state index contributed by atoms with van der Waals surface area (Å²) in [5, 5.41) is 2.00. The quantitative estimate of drug-likeness (QED) is 0.624. The van der Waals surface area contributed by atoms with Gasteiger partial charge >= 0.3 is 0 Å². The third kappa shape index (κ3) is 5.09. The number of carbonyl (C=O) groups excluding carboxylic acids is 1. The number of hydrogen-bond acceptors (Lipinski definition) is 4. The lowest BCUT2D eigenvalue weighted by molar-refractivity contribution is -0.132. The number of para-hydroxylation sites is 1. The third-order valence-corrected chi connectivity index (χ3v) is 4.42. The largest absolute Gasteiger partial charge is 0.484 e. The van der Waals surface area contributed by atoms with Crippen LogP contribution in [0.15, 0.2) is 72.1 Å². The van der Waals surface area contributed by atoms with Gasteiger partial charge in [-0.3, -0.25) is 4.79 Å². The topological polar surface area (TPSA) is 38.8 Å². The molecule has 0 aliphatic heterocycles. The van der Waals surface area contributed by atoms with Crippen molar-refractivity contribution >= 4 is 17.2 Å². The zero-order valence-corrected chi connectivity index (χ0v) is 14.7. The molecule has 25 heavy (non-hydrogen) atoms. The summed E-state index contributed by atoms with van der Waals surface area (Å²) < 4.78 is 11.3. The van der Waals surface area contributed by atoms with Crippen molar-refractivity contribution in [2.24, 2.45) is 0 Å². The molecule has 0 bridgehead atoms. The maximum atomic E-state index is 12.1. The Morgan fingerprint density at radius 1 is 0.920 bits per heavy atom. The zero-order chi connectivity index (χ0) is 17.5. The predicted molar refractivity (Wildman–Crippen MR) is 99.2 cm³/mol. The average molecular weight is 353 g/mol. The fourth-order valence-corrected chi connectivity index (χ4v) is 2.97. The molecule has 0 spiro atoms. The van der Waals surface area contributed by atoms with E-state index in [-0.39, 0.29) is 12.5 Å². The van der Waals surface area contributed by atoms with Crippen molar-refractivity contribution in [3.63, 3.8) is 0 Å². The van der Waals surface area contributed by atoms with Crippen molar-refractivity contribution < 1.29 is 14.3 Å². The standard InChI is InChI=1S/C20H19NO3S/c1-21(14-19-8-5-13-25-19)20(22)15-23-16-9-11-18(12-10-16)24-17-6-3-2-4-7-17/h2-13H,14-15H2,1H3. The minimum atomic E-state index is -0.0574. The molecule has 1 aromatic heterocycles. The van der Waals surface area contributed by atoms with Crippen LogP contribution in [0.1, 0.15) is 4.88 Å². The summed E-state index contributed by atoms with van der Waals surface area (Å²) in [5.74, 6) is 2.08. The van der Waals surface area contributed by atoms with Crippen LogP contribution in [0.5, 0.6) is 17.2 Å². The summed E-state index contributed by atoms with van der Waals surface area (Å²) in [4.78, 5) is 14.9. The molecule has 4 nitrogen and oxygen atoms in total. The molecule has 0 fully saturated rings. The van der Waals surface area contributed by atoms with Crippen LogP contribution in [0, 0.1) is 0 Å². The van der Waals surface area contributed by atoms with Crippen molar-refractivity contribution in [3.8, 4) is 17.2 Å². The molecule has 5 heteroatoms. The van der Waals surface area contributed by atoms with Gasteiger partial charge in [-0.05, 0) is 47.8 Å². The Hall–Kier alpha value is -2.79. The number of carbonyl (C=O) groups is 1. The first-order chi connectivity index (χ1) is 12.2. The van der Waals surface area contributed by atoms with Gasteiger partial charge in [0.1, 0.15) is 17.2 Å². The summed E-state index contributed by atoms with van der Waals surface area (Å²) >= 11 is 1.64. The van der Waals surface area contributed by atoms with Crippen LogP contribution in [-0.4, -0.2) is 24.5 Å². The van der Waals surface area contributed by atoms with E-state index >= 15 is 0 Å². The van der Waals surface area contributed by atoms with Crippen molar-refractivity contribution in [1.29, 1.82) is 0 Å². The van der Waals surface area contributed by atoms with Gasteiger partial charge in [0.25, 0.3) is 5.91 Å². The molecule has 0 radical (unpaired) electrons. The second-order valence-electron chi connectivity index (χ2n) is 5.50. The lowest BCUT2D eigenvalue weighted by Gasteiger charge is -2.16. The Bertz CT molecular complexity index is 786. The van der Waals surface area contributed by atoms with Crippen LogP contribution in [0.2, 0.25) is 0 Å². The molecule has 0 atom stereocenters. The number of hydrogen-bond donors (Lipinski definition) is 0. The highest BCUT2D eigenvalue weighted by molar-refractivity contribution is 7.09. The molecular weight excluding hydrogens is 334 g/mol. The van der Waals surface area contributed by atoms with Gasteiger partial charge in [-0.1, -0.05) is 24.3 Å². The van der Waals surface area contributed by atoms with Gasteiger partial charge in [0.15, 0.2) is 6.61 Å². The van der Waals surface area contributed by atoms with Crippen LogP contribution in [-0.2, 0) is 11.3 Å². The van der Waals surface area contributed by atoms with Gasteiger partial charge in [-0.15, -0.1) is 11.3 Å². The normalized spacial score (nSPS) is 10.3. The van der Waals surface area contributed by atoms with Gasteiger partial charge in [0, 0.05) is 11.9 Å². The maximum absolute atomic E-state index is 12.1. The molecule has 0 unspecified atom stereocenters. The van der Waals surface area contributed by atoms with Gasteiger partial charge in [-0.2, -0.15) is 0 Å². The van der Waals surface area contributed by atoms with Crippen molar-refractivity contribution in [2.45, 2.75) is 6.54 Å². The molecule has 0 aliphatic carbocycles. The maximum Gasteiger partial charge on any atom is 0.260 e. The van der Waals surface area contributed by atoms with Crippen LogP contribution in [0.25, 0.3) is 0 Å². The summed E-state index contributed by atoms with van der Waals surface area (Å²) in [7, 11) is 1.78. The lowest BCUT2D eigenvalue weighted by Crippen LogP contribution is -2.30. The first kappa shape index (κ1) is 17.0. The highest BCUT2D eigenvalue weighted by atomic mass is 32.1. The van der Waals surface area contributed by atoms with E-state index in [1.807, 2.05) is 60.0 Å². The number of benzene rings is 2. The fraction of sp³-hybridized carbons (Fsp3) is 0.150. The molecule has 0 N–H and O–H groups in total. The Balaban J connectivity index is 1.49. The van der Waals surface area contributed by atoms with Gasteiger partial charge in [-0.25, -0.2) is 0 Å². The highest BCUT2D eigenvalue weighted by Crippen LogP contribution is 2.23. The minimum Gasteiger partial charge on any atom is -0.484 e. The minimum absolute atomic E-state index is 0.0146. The van der Waals surface area contributed by atoms with Gasteiger partial charge in [0.05, 0.1) is 6.54 Å². The first-order valence-electron chi connectivity index (χ1n) is 7.93. The molecule has 0 aliphatic rings. The molecule has 0 saturated carbocycles. The second kappa shape index (κ2) is 8.35. The molecule has 1 heterocycles. The summed E-state index contributed by atoms with van der Waals surface area (Å²) in [6, 6.07) is 20.8. The Labute approximate surface area is 151 Å². The van der Waals surface area contributed by atoms with E-state index in [2.05, 4.69) is 0 Å². The SMILES string of the molecule is CN(Cc1cccs1)C(=O)COc1ccc(Oc2ccccc2)cc1. The smallest absolute Gasteiger partial charge is 0.260 e. The molecule has 128 valence electrons. The Morgan fingerprint density at radius 3 is 2.28 bits per heavy atom. The summed E-state index contributed by atoms with van der Waals surface area (Å²) in [5.41, 5.74) is 0. The van der Waals surface area contributed by atoms with E-state index in [1.54, 1.807) is 35.4 Å². The first-order valence-corrected chi connectivity index (χ1v) is 8.81. The average Bonchev–Trinajstić information content (AvgIpc) is 3.14. The number of ether oxygens (including phenoxy) is 2. The van der Waals surface area contributed by atoms with Crippen LogP contribution in [0.4, 0.5) is 0 Å². The van der Waals surface area contributed by atoms with Crippen molar-refractivity contribution in [2.75, 3.05) is 13.7 Å². The van der Waals surface area contributed by atoms with Gasteiger partial charge in [0.2, 0.25) is 0 Å². The number of thiophene rings is 1. The molecule has 3 rings (SSSR count). The molecule has 2 aromatic carbocycles. The van der Waals surface area contributed by atoms with Crippen LogP contribution >= 0.6 is 11.3 Å². The Kier molecular flexibility index (Phi) is 5.69. The van der Waals surface area contributed by atoms with Crippen molar-refractivity contribution in [1.82, 2.24) is 4.90 Å². The molecular formula is C20H19NO3S.